The summed E-state index contributed by atoms with van der Waals surface area (Å²) in [6, 6.07) is -0.199. The predicted octanol–water partition coefficient (Wildman–Crippen LogP) is 1.97. The van der Waals surface area contributed by atoms with Crippen molar-refractivity contribution in [1.82, 2.24) is 4.90 Å². The molecule has 1 saturated heterocycles. The zero-order valence-electron chi connectivity index (χ0n) is 10.2. The molecule has 0 radical (unpaired) electrons. The number of ether oxygens (including phenoxy) is 1. The van der Waals surface area contributed by atoms with E-state index in [9.17, 15) is 9.59 Å². The van der Waals surface area contributed by atoms with Crippen molar-refractivity contribution in [2.24, 2.45) is 5.92 Å². The summed E-state index contributed by atoms with van der Waals surface area (Å²) in [5.74, 6) is 0.577. The second kappa shape index (κ2) is 3.75. The average Bonchev–Trinajstić information content (AvgIpc) is 2.66. The molecule has 0 bridgehead atoms. The van der Waals surface area contributed by atoms with Gasteiger partial charge in [-0.25, -0.2) is 4.79 Å². The molecule has 90 valence electrons. The van der Waals surface area contributed by atoms with Crippen LogP contribution in [-0.4, -0.2) is 35.0 Å². The van der Waals surface area contributed by atoms with E-state index in [1.54, 1.807) is 4.90 Å². The van der Waals surface area contributed by atoms with Gasteiger partial charge in [0.15, 0.2) is 5.78 Å². The van der Waals surface area contributed by atoms with E-state index in [1.165, 1.54) is 0 Å². The molecular weight excluding hydrogens is 206 g/mol. The Balaban J connectivity index is 2.05. The van der Waals surface area contributed by atoms with Gasteiger partial charge in [0.25, 0.3) is 0 Å². The van der Waals surface area contributed by atoms with Crippen molar-refractivity contribution in [3.05, 3.63) is 0 Å². The molecule has 0 N–H and O–H groups in total. The number of nitrogens with zero attached hydrogens (tertiary/aromatic N) is 1. The molecule has 0 aromatic heterocycles. The lowest BCUT2D eigenvalue weighted by molar-refractivity contribution is -0.121. The standard InChI is InChI=1S/C12H19NO3/c1-12(2,3)16-11(15)13-7-6-8-4-5-9(14)10(8)13/h8,10H,4-7H2,1-3H3. The van der Waals surface area contributed by atoms with Gasteiger partial charge in [0.2, 0.25) is 0 Å². The zero-order valence-corrected chi connectivity index (χ0v) is 10.2. The highest BCUT2D eigenvalue weighted by atomic mass is 16.6. The number of amides is 1. The number of rotatable bonds is 0. The van der Waals surface area contributed by atoms with E-state index in [2.05, 4.69) is 0 Å². The van der Waals surface area contributed by atoms with Crippen molar-refractivity contribution in [2.45, 2.75) is 51.7 Å². The van der Waals surface area contributed by atoms with Crippen LogP contribution < -0.4 is 0 Å². The van der Waals surface area contributed by atoms with E-state index in [1.807, 2.05) is 20.8 Å². The van der Waals surface area contributed by atoms with Crippen LogP contribution >= 0.6 is 0 Å². The van der Waals surface area contributed by atoms with Gasteiger partial charge < -0.3 is 4.74 Å². The van der Waals surface area contributed by atoms with Gasteiger partial charge in [0.1, 0.15) is 5.60 Å². The Morgan fingerprint density at radius 3 is 2.69 bits per heavy atom. The van der Waals surface area contributed by atoms with E-state index in [-0.39, 0.29) is 17.9 Å². The highest BCUT2D eigenvalue weighted by molar-refractivity contribution is 5.90. The van der Waals surface area contributed by atoms with Crippen molar-refractivity contribution >= 4 is 11.9 Å². The highest BCUT2D eigenvalue weighted by Gasteiger charge is 2.46. The van der Waals surface area contributed by atoms with E-state index in [0.717, 1.165) is 12.8 Å². The van der Waals surface area contributed by atoms with Crippen LogP contribution in [0.1, 0.15) is 40.0 Å². The Labute approximate surface area is 95.9 Å². The fourth-order valence-electron chi connectivity index (χ4n) is 2.60. The number of ketones is 1. The van der Waals surface area contributed by atoms with Crippen LogP contribution in [0.5, 0.6) is 0 Å². The second-order valence-electron chi connectivity index (χ2n) is 5.67. The molecule has 4 heteroatoms. The summed E-state index contributed by atoms with van der Waals surface area (Å²) in [4.78, 5) is 25.2. The summed E-state index contributed by atoms with van der Waals surface area (Å²) >= 11 is 0. The van der Waals surface area contributed by atoms with E-state index in [4.69, 9.17) is 4.74 Å². The van der Waals surface area contributed by atoms with Crippen LogP contribution in [0.2, 0.25) is 0 Å². The van der Waals surface area contributed by atoms with E-state index in [0.29, 0.717) is 18.9 Å². The molecule has 0 aromatic carbocycles. The largest absolute Gasteiger partial charge is 0.444 e. The third kappa shape index (κ3) is 2.06. The summed E-state index contributed by atoms with van der Waals surface area (Å²) in [6.07, 6.45) is 2.16. The maximum absolute atomic E-state index is 11.9. The molecule has 1 aliphatic carbocycles. The minimum Gasteiger partial charge on any atom is -0.444 e. The lowest BCUT2D eigenvalue weighted by Gasteiger charge is -2.27. The SMILES string of the molecule is CC(C)(C)OC(=O)N1CCC2CCC(=O)C21. The first kappa shape index (κ1) is 11.4. The number of fused-ring (bicyclic) bond motifs is 1. The number of likely N-dealkylation sites (tertiary alicyclic amines) is 1. The molecule has 2 atom stereocenters. The number of Topliss-reactive ketones (excluding diaryl/α,β-unsaturated/α-hetero) is 1. The molecule has 0 aromatic rings. The van der Waals surface area contributed by atoms with Crippen LogP contribution in [0.15, 0.2) is 0 Å². The maximum atomic E-state index is 11.9. The normalized spacial score (nSPS) is 29.4. The molecule has 16 heavy (non-hydrogen) atoms. The topological polar surface area (TPSA) is 46.6 Å². The minimum absolute atomic E-state index is 0.199. The van der Waals surface area contributed by atoms with Crippen molar-refractivity contribution in [2.75, 3.05) is 6.54 Å². The van der Waals surface area contributed by atoms with Crippen molar-refractivity contribution < 1.29 is 14.3 Å². The summed E-state index contributed by atoms with van der Waals surface area (Å²) in [5, 5.41) is 0. The Bertz CT molecular complexity index is 319. The summed E-state index contributed by atoms with van der Waals surface area (Å²) < 4.78 is 5.31. The lowest BCUT2D eigenvalue weighted by atomic mass is 10.0. The van der Waals surface area contributed by atoms with Gasteiger partial charge in [-0.1, -0.05) is 0 Å². The minimum atomic E-state index is -0.489. The van der Waals surface area contributed by atoms with Crippen LogP contribution in [0.25, 0.3) is 0 Å². The van der Waals surface area contributed by atoms with Gasteiger partial charge in [0, 0.05) is 13.0 Å². The number of carbonyl (C=O) groups is 2. The first-order chi connectivity index (χ1) is 7.38. The highest BCUT2D eigenvalue weighted by Crippen LogP contribution is 2.36. The monoisotopic (exact) mass is 225 g/mol. The van der Waals surface area contributed by atoms with Crippen LogP contribution in [0.4, 0.5) is 4.79 Å². The van der Waals surface area contributed by atoms with E-state index < -0.39 is 5.60 Å². The maximum Gasteiger partial charge on any atom is 0.410 e. The van der Waals surface area contributed by atoms with Gasteiger partial charge >= 0.3 is 6.09 Å². The smallest absolute Gasteiger partial charge is 0.410 e. The Kier molecular flexibility index (Phi) is 2.68. The number of hydrogen-bond donors (Lipinski definition) is 0. The van der Waals surface area contributed by atoms with Gasteiger partial charge in [-0.05, 0) is 39.5 Å². The molecule has 2 rings (SSSR count). The molecule has 1 amide bonds. The number of carbonyl (C=O) groups excluding carboxylic acids is 2. The third-order valence-electron chi connectivity index (χ3n) is 3.24. The summed E-state index contributed by atoms with van der Waals surface area (Å²) in [7, 11) is 0. The molecule has 2 fully saturated rings. The number of hydrogen-bond acceptors (Lipinski definition) is 3. The molecule has 1 saturated carbocycles. The van der Waals surface area contributed by atoms with Crippen molar-refractivity contribution in [3.63, 3.8) is 0 Å². The first-order valence-electron chi connectivity index (χ1n) is 5.91. The fourth-order valence-corrected chi connectivity index (χ4v) is 2.60. The fraction of sp³-hybridized carbons (Fsp3) is 0.833. The average molecular weight is 225 g/mol. The molecule has 0 spiro atoms. The quantitative estimate of drug-likeness (QED) is 0.633. The molecular formula is C12H19NO3. The van der Waals surface area contributed by atoms with Gasteiger partial charge in [0.05, 0.1) is 6.04 Å². The third-order valence-corrected chi connectivity index (χ3v) is 3.24. The Hall–Kier alpha value is -1.06. The van der Waals surface area contributed by atoms with Gasteiger partial charge in [-0.3, -0.25) is 9.69 Å². The van der Waals surface area contributed by atoms with Crippen LogP contribution in [-0.2, 0) is 9.53 Å². The predicted molar refractivity (Wildman–Crippen MR) is 59.1 cm³/mol. The van der Waals surface area contributed by atoms with Crippen LogP contribution in [0, 0.1) is 5.92 Å². The van der Waals surface area contributed by atoms with Crippen molar-refractivity contribution in [3.8, 4) is 0 Å². The van der Waals surface area contributed by atoms with E-state index >= 15 is 0 Å². The summed E-state index contributed by atoms with van der Waals surface area (Å²) in [6.45, 7) is 6.19. The molecule has 2 aliphatic rings. The first-order valence-corrected chi connectivity index (χ1v) is 5.91. The molecule has 1 aliphatic heterocycles. The van der Waals surface area contributed by atoms with Gasteiger partial charge in [-0.15, -0.1) is 0 Å². The Morgan fingerprint density at radius 1 is 1.38 bits per heavy atom. The lowest BCUT2D eigenvalue weighted by Crippen LogP contribution is -2.43. The molecule has 2 unspecified atom stereocenters. The Morgan fingerprint density at radius 2 is 2.06 bits per heavy atom. The van der Waals surface area contributed by atoms with Crippen molar-refractivity contribution in [1.29, 1.82) is 0 Å². The molecule has 1 heterocycles. The summed E-state index contributed by atoms with van der Waals surface area (Å²) in [5.41, 5.74) is -0.489. The van der Waals surface area contributed by atoms with Crippen LogP contribution in [0.3, 0.4) is 0 Å². The molecule has 4 nitrogen and oxygen atoms in total. The zero-order chi connectivity index (χ0) is 11.9. The van der Waals surface area contributed by atoms with Gasteiger partial charge in [-0.2, -0.15) is 0 Å². The second-order valence-corrected chi connectivity index (χ2v) is 5.67.